The average molecular weight is 377 g/mol. The summed E-state index contributed by atoms with van der Waals surface area (Å²) in [5, 5.41) is 3.00. The highest BCUT2D eigenvalue weighted by atomic mass is 16.5. The summed E-state index contributed by atoms with van der Waals surface area (Å²) < 4.78 is 13.0. The second kappa shape index (κ2) is 7.68. The van der Waals surface area contributed by atoms with Crippen LogP contribution in [0.15, 0.2) is 66.9 Å². The van der Waals surface area contributed by atoms with Crippen molar-refractivity contribution in [1.82, 2.24) is 9.47 Å². The number of hydrogen-bond donors (Lipinski definition) is 1. The molecule has 0 saturated carbocycles. The largest absolute Gasteiger partial charge is 0.497 e. The third-order valence-electron chi connectivity index (χ3n) is 5.06. The van der Waals surface area contributed by atoms with E-state index in [0.717, 1.165) is 23.6 Å². The molecule has 6 heteroatoms. The van der Waals surface area contributed by atoms with Crippen molar-refractivity contribution < 1.29 is 14.3 Å². The number of nitrogens with zero attached hydrogens (tertiary/aromatic N) is 2. The van der Waals surface area contributed by atoms with E-state index < -0.39 is 0 Å². The molecule has 0 aliphatic carbocycles. The monoisotopic (exact) mass is 377 g/mol. The molecule has 0 saturated heterocycles. The van der Waals surface area contributed by atoms with Gasteiger partial charge in [0, 0.05) is 25.0 Å². The van der Waals surface area contributed by atoms with E-state index in [1.54, 1.807) is 14.2 Å². The van der Waals surface area contributed by atoms with Gasteiger partial charge in [-0.05, 0) is 42.0 Å². The molecule has 1 aromatic heterocycles. The van der Waals surface area contributed by atoms with Crippen LogP contribution in [0.2, 0.25) is 0 Å². The molecule has 1 aliphatic rings. The predicted octanol–water partition coefficient (Wildman–Crippen LogP) is 4.14. The zero-order chi connectivity index (χ0) is 19.5. The summed E-state index contributed by atoms with van der Waals surface area (Å²) in [5.41, 5.74) is 2.74. The third kappa shape index (κ3) is 3.29. The first-order chi connectivity index (χ1) is 13.7. The lowest BCUT2D eigenvalue weighted by Crippen LogP contribution is -2.44. The summed E-state index contributed by atoms with van der Waals surface area (Å²) in [5.74, 6) is 1.40. The molecule has 0 bridgehead atoms. The first kappa shape index (κ1) is 18.0. The van der Waals surface area contributed by atoms with Gasteiger partial charge in [0.2, 0.25) is 0 Å². The number of rotatable bonds is 4. The van der Waals surface area contributed by atoms with Crippen molar-refractivity contribution in [3.8, 4) is 11.5 Å². The molecule has 0 spiro atoms. The van der Waals surface area contributed by atoms with E-state index in [0.29, 0.717) is 18.0 Å². The number of fused-ring (bicyclic) bond motifs is 1. The lowest BCUT2D eigenvalue weighted by molar-refractivity contribution is 0.181. The summed E-state index contributed by atoms with van der Waals surface area (Å²) in [6.45, 7) is 1.35. The van der Waals surface area contributed by atoms with Gasteiger partial charge in [-0.2, -0.15) is 0 Å². The van der Waals surface area contributed by atoms with Crippen molar-refractivity contribution in [3.05, 3.63) is 78.1 Å². The molecule has 2 heterocycles. The van der Waals surface area contributed by atoms with Gasteiger partial charge in [0.1, 0.15) is 11.5 Å². The summed E-state index contributed by atoms with van der Waals surface area (Å²) in [6.07, 6.45) is 2.05. The fraction of sp³-hybridized carbons (Fsp3) is 0.227. The van der Waals surface area contributed by atoms with Crippen LogP contribution in [0.4, 0.5) is 10.5 Å². The number of nitrogens with one attached hydrogen (secondary N) is 1. The van der Waals surface area contributed by atoms with Crippen molar-refractivity contribution in [2.75, 3.05) is 26.1 Å². The van der Waals surface area contributed by atoms with Crippen LogP contribution in [0, 0.1) is 0 Å². The zero-order valence-corrected chi connectivity index (χ0v) is 16.0. The summed E-state index contributed by atoms with van der Waals surface area (Å²) in [7, 11) is 3.24. The van der Waals surface area contributed by atoms with E-state index in [2.05, 4.69) is 22.1 Å². The van der Waals surface area contributed by atoms with Gasteiger partial charge in [-0.15, -0.1) is 0 Å². The van der Waals surface area contributed by atoms with Crippen LogP contribution in [0.1, 0.15) is 17.3 Å². The Balaban J connectivity index is 1.69. The van der Waals surface area contributed by atoms with Gasteiger partial charge in [-0.3, -0.25) is 0 Å². The van der Waals surface area contributed by atoms with Crippen LogP contribution >= 0.6 is 0 Å². The Kier molecular flexibility index (Phi) is 4.93. The molecular weight excluding hydrogens is 354 g/mol. The molecule has 4 rings (SSSR count). The number of para-hydroxylation sites is 2. The van der Waals surface area contributed by atoms with E-state index in [1.807, 2.05) is 59.5 Å². The smallest absolute Gasteiger partial charge is 0.322 e. The van der Waals surface area contributed by atoms with Gasteiger partial charge in [0.15, 0.2) is 0 Å². The van der Waals surface area contributed by atoms with Crippen molar-refractivity contribution in [3.63, 3.8) is 0 Å². The Morgan fingerprint density at radius 2 is 1.86 bits per heavy atom. The van der Waals surface area contributed by atoms with Crippen LogP contribution in [0.3, 0.4) is 0 Å². The minimum Gasteiger partial charge on any atom is -0.497 e. The molecular formula is C22H23N3O3. The summed E-state index contributed by atoms with van der Waals surface area (Å²) >= 11 is 0. The molecule has 0 radical (unpaired) electrons. The molecule has 28 heavy (non-hydrogen) atoms. The van der Waals surface area contributed by atoms with Crippen LogP contribution in [0.5, 0.6) is 11.5 Å². The highest BCUT2D eigenvalue weighted by Crippen LogP contribution is 2.35. The molecule has 0 fully saturated rings. The highest BCUT2D eigenvalue weighted by Gasteiger charge is 2.32. The molecule has 2 amide bonds. The van der Waals surface area contributed by atoms with E-state index in [4.69, 9.17) is 9.47 Å². The number of hydrogen-bond acceptors (Lipinski definition) is 3. The highest BCUT2D eigenvalue weighted by molar-refractivity contribution is 5.91. The number of methoxy groups -OCH3 is 2. The minimum atomic E-state index is -0.200. The molecule has 6 nitrogen and oxygen atoms in total. The van der Waals surface area contributed by atoms with Crippen LogP contribution in [0.25, 0.3) is 0 Å². The molecule has 2 aromatic carbocycles. The number of urea groups is 1. The van der Waals surface area contributed by atoms with Crippen LogP contribution < -0.4 is 14.8 Å². The van der Waals surface area contributed by atoms with Gasteiger partial charge in [0.25, 0.3) is 0 Å². The van der Waals surface area contributed by atoms with Crippen LogP contribution in [-0.2, 0) is 6.54 Å². The maximum Gasteiger partial charge on any atom is 0.322 e. The molecule has 1 aliphatic heterocycles. The molecule has 1 N–H and O–H groups in total. The van der Waals surface area contributed by atoms with Gasteiger partial charge in [-0.1, -0.05) is 24.3 Å². The Hall–Kier alpha value is -3.41. The van der Waals surface area contributed by atoms with Gasteiger partial charge in [0.05, 0.1) is 25.9 Å². The SMILES string of the molecule is COc1cccc(C2c3cccn3CCN2C(=O)Nc2ccccc2OC)c1. The summed E-state index contributed by atoms with van der Waals surface area (Å²) in [6, 6.07) is 19.0. The first-order valence-corrected chi connectivity index (χ1v) is 9.21. The molecule has 3 aromatic rings. The quantitative estimate of drug-likeness (QED) is 0.743. The normalized spacial score (nSPS) is 15.6. The standard InChI is InChI=1S/C22H23N3O3/c1-27-17-8-5-7-16(15-17)21-19-10-6-12-24(19)13-14-25(21)22(26)23-18-9-3-4-11-20(18)28-2/h3-12,15,21H,13-14H2,1-2H3,(H,23,26). The second-order valence-corrected chi connectivity index (χ2v) is 6.63. The van der Waals surface area contributed by atoms with Crippen molar-refractivity contribution in [2.45, 2.75) is 12.6 Å². The Morgan fingerprint density at radius 3 is 2.68 bits per heavy atom. The number of ether oxygens (including phenoxy) is 2. The lowest BCUT2D eigenvalue weighted by Gasteiger charge is -2.37. The van der Waals surface area contributed by atoms with E-state index in [-0.39, 0.29) is 12.1 Å². The van der Waals surface area contributed by atoms with E-state index >= 15 is 0 Å². The molecule has 1 unspecified atom stereocenters. The number of amides is 2. The number of carbonyl (C=O) groups excluding carboxylic acids is 1. The van der Waals surface area contributed by atoms with Crippen molar-refractivity contribution >= 4 is 11.7 Å². The van der Waals surface area contributed by atoms with Crippen LogP contribution in [-0.4, -0.2) is 36.3 Å². The molecule has 1 atom stereocenters. The minimum absolute atomic E-state index is 0.162. The Morgan fingerprint density at radius 1 is 1.00 bits per heavy atom. The zero-order valence-electron chi connectivity index (χ0n) is 16.0. The predicted molar refractivity (Wildman–Crippen MR) is 108 cm³/mol. The third-order valence-corrected chi connectivity index (χ3v) is 5.06. The topological polar surface area (TPSA) is 55.7 Å². The first-order valence-electron chi connectivity index (χ1n) is 9.21. The van der Waals surface area contributed by atoms with E-state index in [1.165, 1.54) is 0 Å². The number of carbonyl (C=O) groups is 1. The van der Waals surface area contributed by atoms with Gasteiger partial charge < -0.3 is 24.3 Å². The Bertz CT molecular complexity index is 982. The maximum absolute atomic E-state index is 13.2. The van der Waals surface area contributed by atoms with Gasteiger partial charge >= 0.3 is 6.03 Å². The van der Waals surface area contributed by atoms with Gasteiger partial charge in [-0.25, -0.2) is 4.79 Å². The molecule has 144 valence electrons. The lowest BCUT2D eigenvalue weighted by atomic mass is 10.00. The number of aromatic nitrogens is 1. The fourth-order valence-electron chi connectivity index (χ4n) is 3.70. The van der Waals surface area contributed by atoms with Crippen molar-refractivity contribution in [1.29, 1.82) is 0 Å². The van der Waals surface area contributed by atoms with Crippen molar-refractivity contribution in [2.24, 2.45) is 0 Å². The number of benzene rings is 2. The summed E-state index contributed by atoms with van der Waals surface area (Å²) in [4.78, 5) is 15.1. The fourth-order valence-corrected chi connectivity index (χ4v) is 3.70. The maximum atomic E-state index is 13.2. The Labute approximate surface area is 164 Å². The average Bonchev–Trinajstić information content (AvgIpc) is 3.22. The number of anilines is 1. The second-order valence-electron chi connectivity index (χ2n) is 6.63. The van der Waals surface area contributed by atoms with E-state index in [9.17, 15) is 4.79 Å².